The van der Waals surface area contributed by atoms with Crippen LogP contribution < -0.4 is 10.5 Å². The molecule has 0 bridgehead atoms. The lowest BCUT2D eigenvalue weighted by Gasteiger charge is -2.26. The largest absolute Gasteiger partial charge is 0.489 e. The van der Waals surface area contributed by atoms with E-state index in [0.717, 1.165) is 30.4 Å². The van der Waals surface area contributed by atoms with Crippen molar-refractivity contribution in [2.45, 2.75) is 31.7 Å². The van der Waals surface area contributed by atoms with Gasteiger partial charge in [-0.2, -0.15) is 5.10 Å². The zero-order chi connectivity index (χ0) is 19.5. The molecule has 154 valence electrons. The smallest absolute Gasteiger partial charge is 0.163 e. The molecule has 1 aromatic carbocycles. The molecule has 1 aliphatic carbocycles. The molecular formula is C20H22ClF2N5O. The first kappa shape index (κ1) is 21.1. The van der Waals surface area contributed by atoms with Crippen molar-refractivity contribution in [2.24, 2.45) is 11.7 Å². The van der Waals surface area contributed by atoms with Gasteiger partial charge >= 0.3 is 0 Å². The molecule has 0 aliphatic heterocycles. The predicted octanol–water partition coefficient (Wildman–Crippen LogP) is 3.93. The average molecular weight is 422 g/mol. The van der Waals surface area contributed by atoms with Gasteiger partial charge in [-0.1, -0.05) is 6.07 Å². The maximum Gasteiger partial charge on any atom is 0.163 e. The van der Waals surface area contributed by atoms with Crippen LogP contribution in [0.4, 0.5) is 8.78 Å². The van der Waals surface area contributed by atoms with E-state index in [0.29, 0.717) is 29.5 Å². The van der Waals surface area contributed by atoms with E-state index in [1.807, 2.05) is 0 Å². The van der Waals surface area contributed by atoms with Crippen molar-refractivity contribution < 1.29 is 13.5 Å². The van der Waals surface area contributed by atoms with Crippen molar-refractivity contribution in [3.05, 3.63) is 54.8 Å². The molecule has 1 saturated carbocycles. The molecule has 9 heteroatoms. The summed E-state index contributed by atoms with van der Waals surface area (Å²) in [4.78, 5) is 8.32. The number of hydrogen-bond donors (Lipinski definition) is 1. The molecule has 2 heterocycles. The number of rotatable bonds is 5. The fourth-order valence-corrected chi connectivity index (χ4v) is 3.48. The van der Waals surface area contributed by atoms with E-state index in [2.05, 4.69) is 15.1 Å². The van der Waals surface area contributed by atoms with E-state index in [-0.39, 0.29) is 24.1 Å². The van der Waals surface area contributed by atoms with Gasteiger partial charge < -0.3 is 10.5 Å². The summed E-state index contributed by atoms with van der Waals surface area (Å²) in [6.45, 7) is 0.559. The van der Waals surface area contributed by atoms with Gasteiger partial charge in [0, 0.05) is 17.8 Å². The summed E-state index contributed by atoms with van der Waals surface area (Å²) < 4.78 is 35.2. The highest BCUT2D eigenvalue weighted by atomic mass is 35.5. The Morgan fingerprint density at radius 3 is 2.55 bits per heavy atom. The van der Waals surface area contributed by atoms with E-state index >= 15 is 0 Å². The lowest BCUT2D eigenvalue weighted by Crippen LogP contribution is -2.28. The molecule has 2 aromatic heterocycles. The Morgan fingerprint density at radius 1 is 1.10 bits per heavy atom. The molecular weight excluding hydrogens is 400 g/mol. The number of nitrogens with two attached hydrogens (primary N) is 1. The number of halogens is 3. The maximum atomic E-state index is 14.0. The van der Waals surface area contributed by atoms with Crippen LogP contribution in [0.25, 0.3) is 16.9 Å². The highest BCUT2D eigenvalue weighted by molar-refractivity contribution is 5.85. The third-order valence-electron chi connectivity index (χ3n) is 5.07. The second-order valence-corrected chi connectivity index (χ2v) is 7.07. The fourth-order valence-electron chi connectivity index (χ4n) is 3.48. The van der Waals surface area contributed by atoms with Crippen LogP contribution in [0.3, 0.4) is 0 Å². The van der Waals surface area contributed by atoms with Crippen molar-refractivity contribution in [2.75, 3.05) is 6.61 Å². The number of hydrogen-bond acceptors (Lipinski definition) is 5. The van der Waals surface area contributed by atoms with Gasteiger partial charge in [0.25, 0.3) is 0 Å². The minimum absolute atomic E-state index is 0. The Hall–Kier alpha value is -2.58. The molecule has 4 rings (SSSR count). The van der Waals surface area contributed by atoms with Gasteiger partial charge in [-0.15, -0.1) is 12.4 Å². The molecule has 2 N–H and O–H groups in total. The lowest BCUT2D eigenvalue weighted by molar-refractivity contribution is 0.200. The van der Waals surface area contributed by atoms with Gasteiger partial charge in [0.15, 0.2) is 17.4 Å². The van der Waals surface area contributed by atoms with E-state index in [9.17, 15) is 8.78 Å². The van der Waals surface area contributed by atoms with Gasteiger partial charge in [0.2, 0.25) is 0 Å². The fraction of sp³-hybridized carbons (Fsp3) is 0.350. The molecule has 0 saturated heterocycles. The average Bonchev–Trinajstić information content (AvgIpc) is 3.17. The summed E-state index contributed by atoms with van der Waals surface area (Å²) in [6.07, 6.45) is 10.1. The minimum Gasteiger partial charge on any atom is -0.489 e. The van der Waals surface area contributed by atoms with Crippen LogP contribution in [0.5, 0.6) is 5.75 Å². The highest BCUT2D eigenvalue weighted by Crippen LogP contribution is 2.30. The lowest BCUT2D eigenvalue weighted by atomic mass is 9.87. The molecule has 29 heavy (non-hydrogen) atoms. The van der Waals surface area contributed by atoms with Crippen LogP contribution in [0, 0.1) is 17.6 Å². The topological polar surface area (TPSA) is 78.8 Å². The summed E-state index contributed by atoms with van der Waals surface area (Å²) in [5.41, 5.74) is 6.84. The number of aromatic nitrogens is 4. The summed E-state index contributed by atoms with van der Waals surface area (Å²) in [7, 11) is 0. The molecule has 0 amide bonds. The minimum atomic E-state index is -0.690. The maximum absolute atomic E-state index is 14.0. The molecule has 1 aliphatic rings. The third kappa shape index (κ3) is 4.71. The Labute approximate surface area is 173 Å². The summed E-state index contributed by atoms with van der Waals surface area (Å²) in [6, 6.07) is 3.98. The first-order valence-corrected chi connectivity index (χ1v) is 9.29. The van der Waals surface area contributed by atoms with Crippen molar-refractivity contribution >= 4 is 12.4 Å². The Balaban J connectivity index is 0.00000240. The van der Waals surface area contributed by atoms with E-state index in [1.165, 1.54) is 36.9 Å². The normalized spacial score (nSPS) is 18.9. The predicted molar refractivity (Wildman–Crippen MR) is 107 cm³/mol. The van der Waals surface area contributed by atoms with Gasteiger partial charge in [-0.3, -0.25) is 0 Å². The Kier molecular flexibility index (Phi) is 6.76. The van der Waals surface area contributed by atoms with Crippen LogP contribution in [-0.2, 0) is 0 Å². The van der Waals surface area contributed by atoms with E-state index in [1.54, 1.807) is 6.20 Å². The Bertz CT molecular complexity index is 939. The van der Waals surface area contributed by atoms with Gasteiger partial charge in [0.1, 0.15) is 17.7 Å². The third-order valence-corrected chi connectivity index (χ3v) is 5.07. The number of benzene rings is 1. The van der Waals surface area contributed by atoms with Crippen LogP contribution in [-0.4, -0.2) is 32.4 Å². The van der Waals surface area contributed by atoms with E-state index in [4.69, 9.17) is 10.5 Å². The monoisotopic (exact) mass is 421 g/mol. The van der Waals surface area contributed by atoms with E-state index < -0.39 is 11.6 Å². The molecule has 0 unspecified atom stereocenters. The molecule has 0 atom stereocenters. The molecule has 0 radical (unpaired) electrons. The molecule has 1 fully saturated rings. The summed E-state index contributed by atoms with van der Waals surface area (Å²) >= 11 is 0. The Morgan fingerprint density at radius 2 is 1.83 bits per heavy atom. The highest BCUT2D eigenvalue weighted by Gasteiger charge is 2.20. The zero-order valence-electron chi connectivity index (χ0n) is 15.7. The van der Waals surface area contributed by atoms with Crippen molar-refractivity contribution in [3.8, 4) is 22.7 Å². The van der Waals surface area contributed by atoms with Crippen molar-refractivity contribution in [1.82, 2.24) is 19.7 Å². The molecule has 6 nitrogen and oxygen atoms in total. The standard InChI is InChI=1S/C20H21F2N5O.ClH/c21-16-2-1-3-17(22)20(16)27-10-14(8-26-27)19-18(9-24-12-25-19)28-11-13-4-6-15(23)7-5-13;/h1-3,8-10,12-13,15H,4-7,11,23H2;1H. The van der Waals surface area contributed by atoms with Crippen molar-refractivity contribution in [3.63, 3.8) is 0 Å². The first-order chi connectivity index (χ1) is 13.6. The second kappa shape index (κ2) is 9.28. The SMILES string of the molecule is Cl.NC1CCC(COc2cncnc2-c2cnn(-c3c(F)cccc3F)c2)CC1. The van der Waals surface area contributed by atoms with Gasteiger partial charge in [0.05, 0.1) is 19.0 Å². The molecule has 0 spiro atoms. The zero-order valence-corrected chi connectivity index (χ0v) is 16.5. The first-order valence-electron chi connectivity index (χ1n) is 9.29. The van der Waals surface area contributed by atoms with Gasteiger partial charge in [-0.05, 0) is 43.7 Å². The number of nitrogens with zero attached hydrogens (tertiary/aromatic N) is 4. The second-order valence-electron chi connectivity index (χ2n) is 7.07. The van der Waals surface area contributed by atoms with Gasteiger partial charge in [-0.25, -0.2) is 23.4 Å². The van der Waals surface area contributed by atoms with Crippen molar-refractivity contribution in [1.29, 1.82) is 0 Å². The summed E-state index contributed by atoms with van der Waals surface area (Å²) in [5, 5.41) is 4.09. The van der Waals surface area contributed by atoms with Crippen LogP contribution in [0.2, 0.25) is 0 Å². The summed E-state index contributed by atoms with van der Waals surface area (Å²) in [5.74, 6) is -0.414. The number of para-hydroxylation sites is 1. The van der Waals surface area contributed by atoms with Crippen LogP contribution >= 0.6 is 12.4 Å². The molecule has 3 aromatic rings. The quantitative estimate of drug-likeness (QED) is 0.675. The van der Waals surface area contributed by atoms with Crippen LogP contribution in [0.1, 0.15) is 25.7 Å². The van der Waals surface area contributed by atoms with Crippen LogP contribution in [0.15, 0.2) is 43.1 Å². The number of ether oxygens (including phenoxy) is 1.